The van der Waals surface area contributed by atoms with Gasteiger partial charge in [-0.05, 0) is 30.5 Å². The van der Waals surface area contributed by atoms with Crippen LogP contribution >= 0.6 is 11.6 Å². The molecule has 110 valence electrons. The molecular weight excluding hydrogens is 278 g/mol. The summed E-state index contributed by atoms with van der Waals surface area (Å²) in [5.74, 6) is 1.57. The maximum atomic E-state index is 12.0. The van der Waals surface area contributed by atoms with Gasteiger partial charge in [0.15, 0.2) is 11.5 Å². The smallest absolute Gasteiger partial charge is 0.224 e. The van der Waals surface area contributed by atoms with Crippen LogP contribution in [0.4, 0.5) is 0 Å². The fraction of sp³-hybridized carbons (Fsp3) is 0.533. The quantitative estimate of drug-likeness (QED) is 0.929. The number of rotatable bonds is 4. The molecule has 0 spiro atoms. The Hall–Kier alpha value is -1.42. The molecule has 1 N–H and O–H groups in total. The first-order chi connectivity index (χ1) is 9.47. The van der Waals surface area contributed by atoms with E-state index >= 15 is 0 Å². The second kappa shape index (κ2) is 6.35. The molecule has 4 nitrogen and oxygen atoms in total. The SMILES string of the molecule is CC(C)C(C)NC(=O)Cc1cc(Cl)c2c(c1)OCCO2. The Balaban J connectivity index is 2.06. The van der Waals surface area contributed by atoms with Crippen molar-refractivity contribution in [2.75, 3.05) is 13.2 Å². The Labute approximate surface area is 124 Å². The molecule has 0 radical (unpaired) electrons. The molecule has 2 rings (SSSR count). The highest BCUT2D eigenvalue weighted by Crippen LogP contribution is 2.38. The van der Waals surface area contributed by atoms with Crippen LogP contribution in [0.15, 0.2) is 12.1 Å². The van der Waals surface area contributed by atoms with Crippen LogP contribution in [0, 0.1) is 5.92 Å². The van der Waals surface area contributed by atoms with Gasteiger partial charge in [-0.25, -0.2) is 0 Å². The summed E-state index contributed by atoms with van der Waals surface area (Å²) in [6, 6.07) is 3.73. The van der Waals surface area contributed by atoms with Gasteiger partial charge in [0.2, 0.25) is 5.91 Å². The van der Waals surface area contributed by atoms with Crippen LogP contribution in [0.1, 0.15) is 26.3 Å². The van der Waals surface area contributed by atoms with Crippen LogP contribution in [0.5, 0.6) is 11.5 Å². The van der Waals surface area contributed by atoms with E-state index in [-0.39, 0.29) is 18.4 Å². The van der Waals surface area contributed by atoms with Gasteiger partial charge in [-0.3, -0.25) is 4.79 Å². The summed E-state index contributed by atoms with van der Waals surface area (Å²) in [7, 11) is 0. The zero-order chi connectivity index (χ0) is 14.7. The number of amides is 1. The van der Waals surface area contributed by atoms with Gasteiger partial charge in [0.25, 0.3) is 0 Å². The molecule has 20 heavy (non-hydrogen) atoms. The zero-order valence-electron chi connectivity index (χ0n) is 12.0. The highest BCUT2D eigenvalue weighted by molar-refractivity contribution is 6.32. The molecule has 0 bridgehead atoms. The lowest BCUT2D eigenvalue weighted by Gasteiger charge is -2.21. The van der Waals surface area contributed by atoms with Gasteiger partial charge in [-0.2, -0.15) is 0 Å². The summed E-state index contributed by atoms with van der Waals surface area (Å²) in [6.07, 6.45) is 0.285. The van der Waals surface area contributed by atoms with E-state index in [2.05, 4.69) is 19.2 Å². The number of carbonyl (C=O) groups excluding carboxylic acids is 1. The summed E-state index contributed by atoms with van der Waals surface area (Å²) >= 11 is 6.15. The van der Waals surface area contributed by atoms with E-state index in [1.54, 1.807) is 6.07 Å². The van der Waals surface area contributed by atoms with Crippen LogP contribution in [-0.4, -0.2) is 25.2 Å². The Morgan fingerprint density at radius 2 is 2.00 bits per heavy atom. The standard InChI is InChI=1S/C15H20ClNO3/c1-9(2)10(3)17-14(18)8-11-6-12(16)15-13(7-11)19-4-5-20-15/h6-7,9-10H,4-5,8H2,1-3H3,(H,17,18). The third-order valence-corrected chi connectivity index (χ3v) is 3.69. The van der Waals surface area contributed by atoms with Gasteiger partial charge in [0.1, 0.15) is 13.2 Å². The third-order valence-electron chi connectivity index (χ3n) is 3.41. The number of benzene rings is 1. The second-order valence-corrected chi connectivity index (χ2v) is 5.79. The van der Waals surface area contributed by atoms with Crippen molar-refractivity contribution in [3.05, 3.63) is 22.7 Å². The van der Waals surface area contributed by atoms with Crippen LogP contribution < -0.4 is 14.8 Å². The molecular formula is C15H20ClNO3. The number of fused-ring (bicyclic) bond motifs is 1. The van der Waals surface area contributed by atoms with Crippen molar-refractivity contribution >= 4 is 17.5 Å². The lowest BCUT2D eigenvalue weighted by atomic mass is 10.1. The fourth-order valence-corrected chi connectivity index (χ4v) is 2.21. The summed E-state index contributed by atoms with van der Waals surface area (Å²) in [5.41, 5.74) is 0.827. The van der Waals surface area contributed by atoms with Crippen LogP contribution in [0.3, 0.4) is 0 Å². The van der Waals surface area contributed by atoms with Crippen molar-refractivity contribution in [2.24, 2.45) is 5.92 Å². The Morgan fingerprint density at radius 1 is 1.30 bits per heavy atom. The van der Waals surface area contributed by atoms with Crippen molar-refractivity contribution in [1.29, 1.82) is 0 Å². The molecule has 1 heterocycles. The number of hydrogen-bond acceptors (Lipinski definition) is 3. The largest absolute Gasteiger partial charge is 0.486 e. The first kappa shape index (κ1) is 15.0. The maximum absolute atomic E-state index is 12.0. The minimum absolute atomic E-state index is 0.0149. The van der Waals surface area contributed by atoms with Gasteiger partial charge in [-0.1, -0.05) is 25.4 Å². The molecule has 0 saturated heterocycles. The Kier molecular flexibility index (Phi) is 4.76. The summed E-state index contributed by atoms with van der Waals surface area (Å²) < 4.78 is 11.0. The Bertz CT molecular complexity index is 502. The van der Waals surface area contributed by atoms with Crippen molar-refractivity contribution in [3.8, 4) is 11.5 Å². The first-order valence-electron chi connectivity index (χ1n) is 6.84. The molecule has 0 saturated carbocycles. The Morgan fingerprint density at radius 3 is 2.70 bits per heavy atom. The molecule has 1 amide bonds. The monoisotopic (exact) mass is 297 g/mol. The van der Waals surface area contributed by atoms with Crippen molar-refractivity contribution < 1.29 is 14.3 Å². The lowest BCUT2D eigenvalue weighted by molar-refractivity contribution is -0.121. The molecule has 1 unspecified atom stereocenters. The highest BCUT2D eigenvalue weighted by Gasteiger charge is 2.18. The molecule has 1 aliphatic heterocycles. The van der Waals surface area contributed by atoms with Gasteiger partial charge in [-0.15, -0.1) is 0 Å². The van der Waals surface area contributed by atoms with E-state index in [1.165, 1.54) is 0 Å². The van der Waals surface area contributed by atoms with Crippen LogP contribution in [0.2, 0.25) is 5.02 Å². The minimum Gasteiger partial charge on any atom is -0.486 e. The zero-order valence-corrected chi connectivity index (χ0v) is 12.8. The topological polar surface area (TPSA) is 47.6 Å². The predicted molar refractivity (Wildman–Crippen MR) is 78.6 cm³/mol. The maximum Gasteiger partial charge on any atom is 0.224 e. The second-order valence-electron chi connectivity index (χ2n) is 5.38. The number of carbonyl (C=O) groups is 1. The molecule has 0 aliphatic carbocycles. The van der Waals surface area contributed by atoms with Crippen molar-refractivity contribution in [2.45, 2.75) is 33.2 Å². The van der Waals surface area contributed by atoms with E-state index in [4.69, 9.17) is 21.1 Å². The number of halogens is 1. The minimum atomic E-state index is -0.0149. The summed E-state index contributed by atoms with van der Waals surface area (Å²) in [6.45, 7) is 7.15. The van der Waals surface area contributed by atoms with E-state index in [1.807, 2.05) is 13.0 Å². The van der Waals surface area contributed by atoms with E-state index < -0.39 is 0 Å². The number of hydrogen-bond donors (Lipinski definition) is 1. The third kappa shape index (κ3) is 3.57. The van der Waals surface area contributed by atoms with Gasteiger partial charge < -0.3 is 14.8 Å². The van der Waals surface area contributed by atoms with Gasteiger partial charge in [0.05, 0.1) is 11.4 Å². The van der Waals surface area contributed by atoms with E-state index in [0.29, 0.717) is 35.7 Å². The number of ether oxygens (including phenoxy) is 2. The van der Waals surface area contributed by atoms with Gasteiger partial charge in [0, 0.05) is 6.04 Å². The van der Waals surface area contributed by atoms with Gasteiger partial charge >= 0.3 is 0 Å². The highest BCUT2D eigenvalue weighted by atomic mass is 35.5. The average molecular weight is 298 g/mol. The number of nitrogens with one attached hydrogen (secondary N) is 1. The fourth-order valence-electron chi connectivity index (χ4n) is 1.92. The van der Waals surface area contributed by atoms with E-state index in [9.17, 15) is 4.79 Å². The van der Waals surface area contributed by atoms with E-state index in [0.717, 1.165) is 5.56 Å². The lowest BCUT2D eigenvalue weighted by Crippen LogP contribution is -2.37. The predicted octanol–water partition coefficient (Wildman–Crippen LogP) is 2.81. The molecule has 0 fully saturated rings. The molecule has 0 aromatic heterocycles. The van der Waals surface area contributed by atoms with Crippen molar-refractivity contribution in [3.63, 3.8) is 0 Å². The van der Waals surface area contributed by atoms with Crippen molar-refractivity contribution in [1.82, 2.24) is 5.32 Å². The summed E-state index contributed by atoms with van der Waals surface area (Å²) in [5, 5.41) is 3.46. The average Bonchev–Trinajstić information content (AvgIpc) is 2.38. The molecule has 5 heteroatoms. The normalized spacial score (nSPS) is 15.1. The van der Waals surface area contributed by atoms with Crippen LogP contribution in [0.25, 0.3) is 0 Å². The first-order valence-corrected chi connectivity index (χ1v) is 7.22. The molecule has 1 atom stereocenters. The molecule has 1 aliphatic rings. The molecule has 1 aromatic rings. The van der Waals surface area contributed by atoms with Crippen LogP contribution in [-0.2, 0) is 11.2 Å². The summed E-state index contributed by atoms with van der Waals surface area (Å²) in [4.78, 5) is 12.0. The molecule has 1 aromatic carbocycles.